The third-order valence-electron chi connectivity index (χ3n) is 3.71. The summed E-state index contributed by atoms with van der Waals surface area (Å²) in [7, 11) is 0. The van der Waals surface area contributed by atoms with E-state index < -0.39 is 0 Å². The highest BCUT2D eigenvalue weighted by Crippen LogP contribution is 2.21. The largest absolute Gasteiger partial charge is 0.337 e. The molecule has 3 aromatic rings. The molecule has 0 aliphatic carbocycles. The zero-order chi connectivity index (χ0) is 14.1. The van der Waals surface area contributed by atoms with Gasteiger partial charge in [0, 0.05) is 24.3 Å². The van der Waals surface area contributed by atoms with E-state index in [2.05, 4.69) is 57.7 Å². The Morgan fingerprint density at radius 3 is 2.70 bits per heavy atom. The SMILES string of the molecule is CCn1nc(C)cc1Cn1c(CN)cc2ccccc21. The van der Waals surface area contributed by atoms with Crippen LogP contribution in [0.15, 0.2) is 36.4 Å². The molecule has 104 valence electrons. The van der Waals surface area contributed by atoms with Crippen molar-refractivity contribution in [3.63, 3.8) is 0 Å². The van der Waals surface area contributed by atoms with Gasteiger partial charge in [0.05, 0.1) is 17.9 Å². The molecule has 2 heterocycles. The number of aromatic nitrogens is 3. The molecule has 0 unspecified atom stereocenters. The summed E-state index contributed by atoms with van der Waals surface area (Å²) in [6.07, 6.45) is 0. The molecule has 1 aromatic carbocycles. The molecule has 3 rings (SSSR count). The third-order valence-corrected chi connectivity index (χ3v) is 3.71. The van der Waals surface area contributed by atoms with Gasteiger partial charge in [-0.25, -0.2) is 0 Å². The lowest BCUT2D eigenvalue weighted by Crippen LogP contribution is -2.12. The van der Waals surface area contributed by atoms with Crippen molar-refractivity contribution in [1.29, 1.82) is 0 Å². The topological polar surface area (TPSA) is 48.8 Å². The molecule has 0 fully saturated rings. The Labute approximate surface area is 118 Å². The van der Waals surface area contributed by atoms with E-state index in [0.29, 0.717) is 6.54 Å². The van der Waals surface area contributed by atoms with Gasteiger partial charge in [-0.3, -0.25) is 4.68 Å². The average Bonchev–Trinajstić information content (AvgIpc) is 3.00. The first-order valence-corrected chi connectivity index (χ1v) is 7.03. The summed E-state index contributed by atoms with van der Waals surface area (Å²) >= 11 is 0. The van der Waals surface area contributed by atoms with Crippen molar-refractivity contribution in [2.75, 3.05) is 0 Å². The maximum absolute atomic E-state index is 5.90. The van der Waals surface area contributed by atoms with Crippen LogP contribution in [0.4, 0.5) is 0 Å². The van der Waals surface area contributed by atoms with E-state index >= 15 is 0 Å². The summed E-state index contributed by atoms with van der Waals surface area (Å²) in [5, 5.41) is 5.76. The highest BCUT2D eigenvalue weighted by Gasteiger charge is 2.11. The minimum Gasteiger partial charge on any atom is -0.337 e. The number of hydrogen-bond donors (Lipinski definition) is 1. The van der Waals surface area contributed by atoms with E-state index in [1.807, 2.05) is 6.92 Å². The number of rotatable bonds is 4. The second-order valence-electron chi connectivity index (χ2n) is 5.08. The fourth-order valence-corrected chi connectivity index (χ4v) is 2.79. The molecular formula is C16H20N4. The average molecular weight is 268 g/mol. The first-order chi connectivity index (χ1) is 9.72. The number of nitrogens with zero attached hydrogens (tertiary/aromatic N) is 3. The van der Waals surface area contributed by atoms with Crippen molar-refractivity contribution in [2.45, 2.75) is 33.5 Å². The molecule has 0 atom stereocenters. The third kappa shape index (κ3) is 2.12. The molecule has 4 heteroatoms. The van der Waals surface area contributed by atoms with Crippen LogP contribution in [0, 0.1) is 6.92 Å². The van der Waals surface area contributed by atoms with Crippen molar-refractivity contribution < 1.29 is 0 Å². The maximum Gasteiger partial charge on any atom is 0.0648 e. The fourth-order valence-electron chi connectivity index (χ4n) is 2.79. The van der Waals surface area contributed by atoms with Gasteiger partial charge >= 0.3 is 0 Å². The maximum atomic E-state index is 5.90. The lowest BCUT2D eigenvalue weighted by atomic mass is 10.2. The minimum atomic E-state index is 0.550. The van der Waals surface area contributed by atoms with Crippen LogP contribution in [-0.2, 0) is 19.6 Å². The normalized spacial score (nSPS) is 11.3. The van der Waals surface area contributed by atoms with Gasteiger partial charge in [-0.2, -0.15) is 5.10 Å². The zero-order valence-electron chi connectivity index (χ0n) is 12.0. The van der Waals surface area contributed by atoms with Gasteiger partial charge < -0.3 is 10.3 Å². The summed E-state index contributed by atoms with van der Waals surface area (Å²) in [6, 6.07) is 12.7. The van der Waals surface area contributed by atoms with Crippen LogP contribution in [0.25, 0.3) is 10.9 Å². The van der Waals surface area contributed by atoms with Crippen molar-refractivity contribution in [2.24, 2.45) is 5.73 Å². The lowest BCUT2D eigenvalue weighted by Gasteiger charge is -2.11. The van der Waals surface area contributed by atoms with E-state index in [9.17, 15) is 0 Å². The highest BCUT2D eigenvalue weighted by atomic mass is 15.3. The van der Waals surface area contributed by atoms with E-state index in [-0.39, 0.29) is 0 Å². The molecule has 2 N–H and O–H groups in total. The predicted molar refractivity (Wildman–Crippen MR) is 81.6 cm³/mol. The van der Waals surface area contributed by atoms with Crippen molar-refractivity contribution in [3.8, 4) is 0 Å². The summed E-state index contributed by atoms with van der Waals surface area (Å²) in [4.78, 5) is 0. The number of benzene rings is 1. The summed E-state index contributed by atoms with van der Waals surface area (Å²) < 4.78 is 4.35. The lowest BCUT2D eigenvalue weighted by molar-refractivity contribution is 0.596. The molecule has 0 aliphatic rings. The number of para-hydroxylation sites is 1. The second kappa shape index (κ2) is 5.13. The summed E-state index contributed by atoms with van der Waals surface area (Å²) in [5.74, 6) is 0. The molecule has 0 saturated carbocycles. The fraction of sp³-hybridized carbons (Fsp3) is 0.312. The molecular weight excluding hydrogens is 248 g/mol. The van der Waals surface area contributed by atoms with Gasteiger partial charge in [0.15, 0.2) is 0 Å². The van der Waals surface area contributed by atoms with E-state index in [1.165, 1.54) is 16.6 Å². The monoisotopic (exact) mass is 268 g/mol. The smallest absolute Gasteiger partial charge is 0.0648 e. The zero-order valence-corrected chi connectivity index (χ0v) is 12.0. The van der Waals surface area contributed by atoms with Gasteiger partial charge in [0.1, 0.15) is 0 Å². The highest BCUT2D eigenvalue weighted by molar-refractivity contribution is 5.81. The van der Waals surface area contributed by atoms with Gasteiger partial charge in [-0.15, -0.1) is 0 Å². The molecule has 20 heavy (non-hydrogen) atoms. The summed E-state index contributed by atoms with van der Waals surface area (Å²) in [5.41, 5.74) is 10.6. The molecule has 4 nitrogen and oxygen atoms in total. The predicted octanol–water partition coefficient (Wildman–Crippen LogP) is 2.67. The number of fused-ring (bicyclic) bond motifs is 1. The van der Waals surface area contributed by atoms with E-state index in [0.717, 1.165) is 24.5 Å². The number of aryl methyl sites for hydroxylation is 2. The van der Waals surface area contributed by atoms with E-state index in [4.69, 9.17) is 5.73 Å². The molecule has 2 aromatic heterocycles. The Bertz CT molecular complexity index is 736. The van der Waals surface area contributed by atoms with Crippen LogP contribution in [0.3, 0.4) is 0 Å². The molecule has 0 bridgehead atoms. The Balaban J connectivity index is 2.09. The van der Waals surface area contributed by atoms with Crippen LogP contribution in [0.1, 0.15) is 24.0 Å². The Hall–Kier alpha value is -2.07. The number of hydrogen-bond acceptors (Lipinski definition) is 2. The minimum absolute atomic E-state index is 0.550. The molecule has 0 radical (unpaired) electrons. The van der Waals surface area contributed by atoms with Crippen molar-refractivity contribution in [3.05, 3.63) is 53.5 Å². The molecule has 0 saturated heterocycles. The Morgan fingerprint density at radius 1 is 1.15 bits per heavy atom. The Kier molecular flexibility index (Phi) is 3.32. The number of nitrogens with two attached hydrogens (primary N) is 1. The van der Waals surface area contributed by atoms with Crippen LogP contribution in [-0.4, -0.2) is 14.3 Å². The van der Waals surface area contributed by atoms with E-state index in [1.54, 1.807) is 0 Å². The second-order valence-corrected chi connectivity index (χ2v) is 5.08. The molecule has 0 amide bonds. The van der Waals surface area contributed by atoms with Gasteiger partial charge in [-0.05, 0) is 37.4 Å². The Morgan fingerprint density at radius 2 is 1.95 bits per heavy atom. The molecule has 0 aliphatic heterocycles. The standard InChI is InChI=1S/C16H20N4/c1-3-20-15(8-12(2)18-20)11-19-14(10-17)9-13-6-4-5-7-16(13)19/h4-9H,3,10-11,17H2,1-2H3. The van der Waals surface area contributed by atoms with Crippen LogP contribution in [0.5, 0.6) is 0 Å². The van der Waals surface area contributed by atoms with Crippen LogP contribution < -0.4 is 5.73 Å². The first kappa shape index (κ1) is 12.9. The quantitative estimate of drug-likeness (QED) is 0.791. The van der Waals surface area contributed by atoms with Crippen molar-refractivity contribution in [1.82, 2.24) is 14.3 Å². The van der Waals surface area contributed by atoms with Gasteiger partial charge in [-0.1, -0.05) is 18.2 Å². The summed E-state index contributed by atoms with van der Waals surface area (Å²) in [6.45, 7) is 6.41. The molecule has 0 spiro atoms. The van der Waals surface area contributed by atoms with Crippen molar-refractivity contribution >= 4 is 10.9 Å². The van der Waals surface area contributed by atoms with Crippen LogP contribution >= 0.6 is 0 Å². The van der Waals surface area contributed by atoms with Crippen LogP contribution in [0.2, 0.25) is 0 Å². The first-order valence-electron chi connectivity index (χ1n) is 7.03. The van der Waals surface area contributed by atoms with Gasteiger partial charge in [0.25, 0.3) is 0 Å². The van der Waals surface area contributed by atoms with Gasteiger partial charge in [0.2, 0.25) is 0 Å².